The molecule has 1 unspecified atom stereocenters. The third kappa shape index (κ3) is 4.71. The summed E-state index contributed by atoms with van der Waals surface area (Å²) in [6, 6.07) is 5.48. The van der Waals surface area contributed by atoms with E-state index < -0.39 is 18.0 Å². The number of ether oxygens (including phenoxy) is 1. The number of thiophene rings is 1. The average Bonchev–Trinajstić information content (AvgIpc) is 3.08. The molecule has 0 spiro atoms. The van der Waals surface area contributed by atoms with Gasteiger partial charge in [-0.15, -0.1) is 11.3 Å². The lowest BCUT2D eigenvalue weighted by Gasteiger charge is -2.11. The average molecular weight is 308 g/mol. The minimum atomic E-state index is -0.883. The highest BCUT2D eigenvalue weighted by Crippen LogP contribution is 2.12. The van der Waals surface area contributed by atoms with Gasteiger partial charge in [0.1, 0.15) is 0 Å². The number of nitrogens with zero attached hydrogens (tertiary/aromatic N) is 1. The second kappa shape index (κ2) is 7.03. The molecule has 112 valence electrons. The van der Waals surface area contributed by atoms with E-state index in [1.165, 1.54) is 6.92 Å². The summed E-state index contributed by atoms with van der Waals surface area (Å²) in [5, 5.41) is 8.10. The molecule has 2 rings (SSSR count). The van der Waals surface area contributed by atoms with Crippen LogP contribution in [-0.2, 0) is 20.7 Å². The lowest BCUT2D eigenvalue weighted by atomic mass is 10.2. The number of rotatable bonds is 6. The second-order valence-corrected chi connectivity index (χ2v) is 5.57. The summed E-state index contributed by atoms with van der Waals surface area (Å²) in [7, 11) is 0. The van der Waals surface area contributed by atoms with Crippen LogP contribution in [0.1, 0.15) is 23.9 Å². The molecule has 0 bridgehead atoms. The zero-order chi connectivity index (χ0) is 15.2. The summed E-state index contributed by atoms with van der Waals surface area (Å²) in [5.41, 5.74) is 0.658. The Bertz CT molecular complexity index is 606. The van der Waals surface area contributed by atoms with Crippen molar-refractivity contribution in [3.05, 3.63) is 34.2 Å². The molecule has 1 amide bonds. The van der Waals surface area contributed by atoms with Gasteiger partial charge in [0.25, 0.3) is 5.91 Å². The zero-order valence-electron chi connectivity index (χ0n) is 11.8. The summed E-state index contributed by atoms with van der Waals surface area (Å²) >= 11 is 1.59. The Morgan fingerprint density at radius 3 is 2.95 bits per heavy atom. The van der Waals surface area contributed by atoms with Crippen molar-refractivity contribution in [2.75, 3.05) is 5.32 Å². The van der Waals surface area contributed by atoms with Gasteiger partial charge in [0.15, 0.2) is 6.10 Å². The molecule has 6 nitrogen and oxygen atoms in total. The van der Waals surface area contributed by atoms with E-state index in [2.05, 4.69) is 10.5 Å². The fourth-order valence-corrected chi connectivity index (χ4v) is 2.34. The van der Waals surface area contributed by atoms with E-state index in [0.29, 0.717) is 12.1 Å². The highest BCUT2D eigenvalue weighted by Gasteiger charge is 2.19. The van der Waals surface area contributed by atoms with Crippen LogP contribution in [0, 0.1) is 6.92 Å². The van der Waals surface area contributed by atoms with Crippen molar-refractivity contribution in [3.8, 4) is 0 Å². The Hall–Kier alpha value is -2.15. The van der Waals surface area contributed by atoms with Crippen molar-refractivity contribution >= 4 is 29.1 Å². The number of hydrogen-bond donors (Lipinski definition) is 1. The number of aromatic nitrogens is 1. The SMILES string of the molecule is Cc1cc(NC(=O)C(C)OC(=O)CCc2cccs2)on1. The van der Waals surface area contributed by atoms with Crippen molar-refractivity contribution < 1.29 is 18.8 Å². The standard InChI is InChI=1S/C14H16N2O4S/c1-9-8-12(20-16-9)15-14(18)10(2)19-13(17)6-5-11-4-3-7-21-11/h3-4,7-8,10H,5-6H2,1-2H3,(H,15,18). The minimum absolute atomic E-state index is 0.235. The predicted octanol–water partition coefficient (Wildman–Crippen LogP) is 2.55. The number of carbonyl (C=O) groups is 2. The first-order chi connectivity index (χ1) is 10.0. The summed E-state index contributed by atoms with van der Waals surface area (Å²) < 4.78 is 9.95. The first-order valence-electron chi connectivity index (χ1n) is 6.50. The summed E-state index contributed by atoms with van der Waals surface area (Å²) in [5.74, 6) is -0.616. The quantitative estimate of drug-likeness (QED) is 0.829. The van der Waals surface area contributed by atoms with Gasteiger partial charge >= 0.3 is 5.97 Å². The number of aryl methyl sites for hydroxylation is 2. The Kier molecular flexibility index (Phi) is 5.10. The van der Waals surface area contributed by atoms with Crippen LogP contribution in [0.4, 0.5) is 5.88 Å². The lowest BCUT2D eigenvalue weighted by Crippen LogP contribution is -2.29. The summed E-state index contributed by atoms with van der Waals surface area (Å²) in [6.45, 7) is 3.26. The Balaban J connectivity index is 1.76. The van der Waals surface area contributed by atoms with E-state index in [1.807, 2.05) is 17.5 Å². The van der Waals surface area contributed by atoms with Crippen LogP contribution < -0.4 is 5.32 Å². The number of hydrogen-bond acceptors (Lipinski definition) is 6. The summed E-state index contributed by atoms with van der Waals surface area (Å²) in [6.07, 6.45) is -0.0164. The number of carbonyl (C=O) groups excluding carboxylic acids is 2. The molecule has 0 saturated heterocycles. The van der Waals surface area contributed by atoms with Gasteiger partial charge in [0, 0.05) is 10.9 Å². The molecule has 0 aliphatic carbocycles. The fraction of sp³-hybridized carbons (Fsp3) is 0.357. The van der Waals surface area contributed by atoms with Gasteiger partial charge in [-0.25, -0.2) is 0 Å². The smallest absolute Gasteiger partial charge is 0.306 e. The Labute approximate surface area is 126 Å². The fourth-order valence-electron chi connectivity index (χ4n) is 1.64. The molecule has 0 aliphatic rings. The van der Waals surface area contributed by atoms with E-state index in [4.69, 9.17) is 9.26 Å². The molecule has 2 heterocycles. The van der Waals surface area contributed by atoms with E-state index >= 15 is 0 Å². The van der Waals surface area contributed by atoms with Crippen molar-refractivity contribution in [1.82, 2.24) is 5.16 Å². The molecule has 1 atom stereocenters. The summed E-state index contributed by atoms with van der Waals surface area (Å²) in [4.78, 5) is 24.6. The molecule has 21 heavy (non-hydrogen) atoms. The number of amides is 1. The Morgan fingerprint density at radius 1 is 1.52 bits per heavy atom. The van der Waals surface area contributed by atoms with Crippen LogP contribution in [0.15, 0.2) is 28.1 Å². The van der Waals surface area contributed by atoms with Crippen LogP contribution in [0.3, 0.4) is 0 Å². The molecule has 0 radical (unpaired) electrons. The highest BCUT2D eigenvalue weighted by atomic mass is 32.1. The van der Waals surface area contributed by atoms with E-state index in [1.54, 1.807) is 24.3 Å². The predicted molar refractivity (Wildman–Crippen MR) is 78.1 cm³/mol. The molecule has 7 heteroatoms. The first-order valence-corrected chi connectivity index (χ1v) is 7.38. The number of anilines is 1. The van der Waals surface area contributed by atoms with Crippen molar-refractivity contribution in [3.63, 3.8) is 0 Å². The molecule has 1 N–H and O–H groups in total. The van der Waals surface area contributed by atoms with Gasteiger partial charge in [-0.2, -0.15) is 0 Å². The van der Waals surface area contributed by atoms with Crippen molar-refractivity contribution in [2.45, 2.75) is 32.8 Å². The molecule has 0 saturated carbocycles. The van der Waals surface area contributed by atoms with Crippen molar-refractivity contribution in [2.24, 2.45) is 0 Å². The molecule has 0 aliphatic heterocycles. The van der Waals surface area contributed by atoms with Crippen LogP contribution in [-0.4, -0.2) is 23.1 Å². The highest BCUT2D eigenvalue weighted by molar-refractivity contribution is 7.09. The number of nitrogens with one attached hydrogen (secondary N) is 1. The van der Waals surface area contributed by atoms with Crippen molar-refractivity contribution in [1.29, 1.82) is 0 Å². The van der Waals surface area contributed by atoms with Crippen LogP contribution >= 0.6 is 11.3 Å². The van der Waals surface area contributed by atoms with Crippen LogP contribution in [0.2, 0.25) is 0 Å². The molecule has 0 fully saturated rings. The normalized spacial score (nSPS) is 11.9. The molecule has 2 aromatic heterocycles. The van der Waals surface area contributed by atoms with Gasteiger partial charge in [0.2, 0.25) is 5.88 Å². The molecule has 0 aromatic carbocycles. The first kappa shape index (κ1) is 15.2. The maximum absolute atomic E-state index is 11.8. The van der Waals surface area contributed by atoms with Crippen LogP contribution in [0.25, 0.3) is 0 Å². The van der Waals surface area contributed by atoms with Gasteiger partial charge in [0.05, 0.1) is 12.1 Å². The minimum Gasteiger partial charge on any atom is -0.453 e. The lowest BCUT2D eigenvalue weighted by molar-refractivity contribution is -0.153. The second-order valence-electron chi connectivity index (χ2n) is 4.53. The monoisotopic (exact) mass is 308 g/mol. The maximum Gasteiger partial charge on any atom is 0.306 e. The maximum atomic E-state index is 11.8. The Morgan fingerprint density at radius 2 is 2.33 bits per heavy atom. The van der Waals surface area contributed by atoms with Gasteiger partial charge < -0.3 is 9.26 Å². The number of esters is 1. The zero-order valence-corrected chi connectivity index (χ0v) is 12.6. The van der Waals surface area contributed by atoms with E-state index in [9.17, 15) is 9.59 Å². The third-order valence-corrected chi connectivity index (χ3v) is 3.64. The van der Waals surface area contributed by atoms with E-state index in [0.717, 1.165) is 4.88 Å². The van der Waals surface area contributed by atoms with Gasteiger partial charge in [-0.05, 0) is 31.7 Å². The molecular weight excluding hydrogens is 292 g/mol. The van der Waals surface area contributed by atoms with Gasteiger partial charge in [-0.1, -0.05) is 11.2 Å². The largest absolute Gasteiger partial charge is 0.453 e. The van der Waals surface area contributed by atoms with Gasteiger partial charge in [-0.3, -0.25) is 14.9 Å². The van der Waals surface area contributed by atoms with Crippen LogP contribution in [0.5, 0.6) is 0 Å². The van der Waals surface area contributed by atoms with E-state index in [-0.39, 0.29) is 12.3 Å². The third-order valence-electron chi connectivity index (χ3n) is 2.71. The molecule has 2 aromatic rings. The topological polar surface area (TPSA) is 81.4 Å². The molecular formula is C14H16N2O4S.